The third kappa shape index (κ3) is 4.70. The molecule has 0 atom stereocenters. The van der Waals surface area contributed by atoms with Gasteiger partial charge in [0.15, 0.2) is 0 Å². The molecule has 0 unspecified atom stereocenters. The van der Waals surface area contributed by atoms with E-state index < -0.39 is 11.7 Å². The summed E-state index contributed by atoms with van der Waals surface area (Å²) in [7, 11) is 0. The van der Waals surface area contributed by atoms with Crippen LogP contribution >= 0.6 is 11.8 Å². The van der Waals surface area contributed by atoms with Crippen molar-refractivity contribution in [2.24, 2.45) is 0 Å². The molecule has 1 fully saturated rings. The van der Waals surface area contributed by atoms with E-state index in [2.05, 4.69) is 16.3 Å². The smallest absolute Gasteiger partial charge is 0.412 e. The predicted octanol–water partition coefficient (Wildman–Crippen LogP) is 3.04. The first-order chi connectivity index (χ1) is 10.8. The molecule has 0 spiro atoms. The summed E-state index contributed by atoms with van der Waals surface area (Å²) in [6.45, 7) is 7.13. The van der Waals surface area contributed by atoms with Crippen LogP contribution in [0.3, 0.4) is 0 Å². The monoisotopic (exact) mass is 334 g/mol. The normalized spacial score (nSPS) is 15.0. The predicted molar refractivity (Wildman–Crippen MR) is 95.0 cm³/mol. The zero-order valence-electron chi connectivity index (χ0n) is 13.7. The molecular formula is C16H22N4O2S. The molecule has 0 bridgehead atoms. The highest BCUT2D eigenvalue weighted by molar-refractivity contribution is 7.99. The quantitative estimate of drug-likeness (QED) is 0.808. The Morgan fingerprint density at radius 1 is 1.39 bits per heavy atom. The summed E-state index contributed by atoms with van der Waals surface area (Å²) in [4.78, 5) is 14.1. The zero-order valence-corrected chi connectivity index (χ0v) is 14.5. The van der Waals surface area contributed by atoms with E-state index in [1.165, 1.54) is 0 Å². The van der Waals surface area contributed by atoms with Gasteiger partial charge in [0.1, 0.15) is 11.7 Å². The Balaban J connectivity index is 2.26. The summed E-state index contributed by atoms with van der Waals surface area (Å²) in [5, 5.41) is 12.0. The van der Waals surface area contributed by atoms with Gasteiger partial charge in [0.05, 0.1) is 22.6 Å². The highest BCUT2D eigenvalue weighted by atomic mass is 32.2. The molecule has 124 valence electrons. The van der Waals surface area contributed by atoms with Gasteiger partial charge in [-0.2, -0.15) is 17.0 Å². The molecule has 1 amide bonds. The second-order valence-corrected chi connectivity index (χ2v) is 7.52. The van der Waals surface area contributed by atoms with E-state index in [1.54, 1.807) is 32.9 Å². The number of benzene rings is 1. The van der Waals surface area contributed by atoms with Gasteiger partial charge in [0.2, 0.25) is 0 Å². The standard InChI is InChI=1S/C16H22N4O2S/c1-16(2,3)22-15(21)19-13-9-14(11(10-17)8-12(13)18)20-4-6-23-7-5-20/h8-9H,4-7,18H2,1-3H3,(H,19,21). The molecule has 1 saturated heterocycles. The van der Waals surface area contributed by atoms with Crippen molar-refractivity contribution in [1.82, 2.24) is 0 Å². The Bertz CT molecular complexity index is 628. The van der Waals surface area contributed by atoms with Crippen molar-refractivity contribution in [3.05, 3.63) is 17.7 Å². The minimum atomic E-state index is -0.585. The van der Waals surface area contributed by atoms with Crippen LogP contribution in [0.2, 0.25) is 0 Å². The maximum absolute atomic E-state index is 12.0. The van der Waals surface area contributed by atoms with Crippen molar-refractivity contribution in [3.8, 4) is 6.07 Å². The average molecular weight is 334 g/mol. The van der Waals surface area contributed by atoms with E-state index in [9.17, 15) is 10.1 Å². The topological polar surface area (TPSA) is 91.4 Å². The summed E-state index contributed by atoms with van der Waals surface area (Å²) < 4.78 is 5.25. The number of hydrogen-bond donors (Lipinski definition) is 2. The van der Waals surface area contributed by atoms with Gasteiger partial charge in [-0.3, -0.25) is 5.32 Å². The van der Waals surface area contributed by atoms with Crippen LogP contribution in [0.4, 0.5) is 21.9 Å². The molecule has 0 saturated carbocycles. The van der Waals surface area contributed by atoms with E-state index in [-0.39, 0.29) is 0 Å². The second-order valence-electron chi connectivity index (χ2n) is 6.29. The van der Waals surface area contributed by atoms with Crippen LogP contribution in [0.5, 0.6) is 0 Å². The Morgan fingerprint density at radius 2 is 2.04 bits per heavy atom. The lowest BCUT2D eigenvalue weighted by Gasteiger charge is -2.30. The number of nitrogen functional groups attached to an aromatic ring is 1. The fourth-order valence-corrected chi connectivity index (χ4v) is 3.19. The lowest BCUT2D eigenvalue weighted by atomic mass is 10.1. The maximum atomic E-state index is 12.0. The van der Waals surface area contributed by atoms with Gasteiger partial charge in [-0.25, -0.2) is 4.79 Å². The molecule has 0 aromatic heterocycles. The highest BCUT2D eigenvalue weighted by Gasteiger charge is 2.20. The first kappa shape index (κ1) is 17.3. The second kappa shape index (κ2) is 7.01. The Morgan fingerprint density at radius 3 is 2.61 bits per heavy atom. The van der Waals surface area contributed by atoms with Crippen molar-refractivity contribution < 1.29 is 9.53 Å². The van der Waals surface area contributed by atoms with Crippen molar-refractivity contribution in [1.29, 1.82) is 5.26 Å². The summed E-state index contributed by atoms with van der Waals surface area (Å²) in [6.07, 6.45) is -0.561. The number of nitrogens with two attached hydrogens (primary N) is 1. The Labute approximate surface area is 141 Å². The summed E-state index contributed by atoms with van der Waals surface area (Å²) in [5.74, 6) is 2.04. The molecule has 2 rings (SSSR count). The van der Waals surface area contributed by atoms with Gasteiger partial charge >= 0.3 is 6.09 Å². The number of carbonyl (C=O) groups is 1. The lowest BCUT2D eigenvalue weighted by Crippen LogP contribution is -2.33. The number of rotatable bonds is 2. The van der Waals surface area contributed by atoms with Crippen LogP contribution in [0.25, 0.3) is 0 Å². The third-order valence-electron chi connectivity index (χ3n) is 3.28. The number of nitrogens with zero attached hydrogens (tertiary/aromatic N) is 2. The number of carbonyl (C=O) groups excluding carboxylic acids is 1. The Hall–Kier alpha value is -2.07. The van der Waals surface area contributed by atoms with Crippen LogP contribution < -0.4 is 16.0 Å². The van der Waals surface area contributed by atoms with E-state index in [0.29, 0.717) is 16.9 Å². The molecule has 7 heteroatoms. The van der Waals surface area contributed by atoms with Crippen LogP contribution in [0.15, 0.2) is 12.1 Å². The van der Waals surface area contributed by atoms with Gasteiger partial charge in [0, 0.05) is 24.6 Å². The van der Waals surface area contributed by atoms with E-state index >= 15 is 0 Å². The Kier molecular flexibility index (Phi) is 5.26. The number of hydrogen-bond acceptors (Lipinski definition) is 6. The van der Waals surface area contributed by atoms with Gasteiger partial charge in [-0.05, 0) is 32.9 Å². The minimum absolute atomic E-state index is 0.350. The molecule has 23 heavy (non-hydrogen) atoms. The minimum Gasteiger partial charge on any atom is -0.444 e. The number of thioether (sulfide) groups is 1. The molecule has 1 heterocycles. The first-order valence-corrected chi connectivity index (χ1v) is 8.62. The molecule has 1 aromatic carbocycles. The fourth-order valence-electron chi connectivity index (χ4n) is 2.28. The number of nitriles is 1. The summed E-state index contributed by atoms with van der Waals surface area (Å²) in [5.41, 5.74) is 7.51. The molecular weight excluding hydrogens is 312 g/mol. The van der Waals surface area contributed by atoms with Crippen LogP contribution in [0, 0.1) is 11.3 Å². The van der Waals surface area contributed by atoms with Crippen molar-refractivity contribution in [2.45, 2.75) is 26.4 Å². The molecule has 6 nitrogen and oxygen atoms in total. The summed E-state index contributed by atoms with van der Waals surface area (Å²) in [6, 6.07) is 5.54. The van der Waals surface area contributed by atoms with E-state index in [0.717, 1.165) is 30.3 Å². The lowest BCUT2D eigenvalue weighted by molar-refractivity contribution is 0.0636. The van der Waals surface area contributed by atoms with Crippen molar-refractivity contribution in [2.75, 3.05) is 40.5 Å². The molecule has 0 aliphatic carbocycles. The zero-order chi connectivity index (χ0) is 17.0. The van der Waals surface area contributed by atoms with Crippen LogP contribution in [-0.2, 0) is 4.74 Å². The van der Waals surface area contributed by atoms with Crippen LogP contribution in [-0.4, -0.2) is 36.3 Å². The molecule has 1 aliphatic rings. The highest BCUT2D eigenvalue weighted by Crippen LogP contribution is 2.31. The van der Waals surface area contributed by atoms with E-state index in [1.807, 2.05) is 11.8 Å². The largest absolute Gasteiger partial charge is 0.444 e. The number of nitrogens with one attached hydrogen (secondary N) is 1. The number of anilines is 3. The fraction of sp³-hybridized carbons (Fsp3) is 0.500. The molecule has 1 aliphatic heterocycles. The van der Waals surface area contributed by atoms with Gasteiger partial charge in [-0.15, -0.1) is 0 Å². The summed E-state index contributed by atoms with van der Waals surface area (Å²) >= 11 is 1.89. The van der Waals surface area contributed by atoms with Crippen molar-refractivity contribution >= 4 is 34.9 Å². The SMILES string of the molecule is CC(C)(C)OC(=O)Nc1cc(N2CCSCC2)c(C#N)cc1N. The van der Waals surface area contributed by atoms with Gasteiger partial charge < -0.3 is 15.4 Å². The van der Waals surface area contributed by atoms with Gasteiger partial charge in [-0.1, -0.05) is 0 Å². The average Bonchev–Trinajstić information content (AvgIpc) is 2.48. The number of ether oxygens (including phenoxy) is 1. The van der Waals surface area contributed by atoms with Gasteiger partial charge in [0.25, 0.3) is 0 Å². The first-order valence-electron chi connectivity index (χ1n) is 7.46. The molecule has 1 aromatic rings. The third-order valence-corrected chi connectivity index (χ3v) is 4.22. The van der Waals surface area contributed by atoms with E-state index in [4.69, 9.17) is 10.5 Å². The maximum Gasteiger partial charge on any atom is 0.412 e. The van der Waals surface area contributed by atoms with Crippen LogP contribution in [0.1, 0.15) is 26.3 Å². The molecule has 3 N–H and O–H groups in total. The molecule has 0 radical (unpaired) electrons. The number of amides is 1. The van der Waals surface area contributed by atoms with Crippen molar-refractivity contribution in [3.63, 3.8) is 0 Å².